The Kier molecular flexibility index (Phi) is 6.73. The van der Waals surface area contributed by atoms with Gasteiger partial charge in [0.1, 0.15) is 5.82 Å². The van der Waals surface area contributed by atoms with Crippen LogP contribution in [0.15, 0.2) is 30.9 Å². The summed E-state index contributed by atoms with van der Waals surface area (Å²) in [5.74, 6) is 0.477. The Labute approximate surface area is 149 Å². The van der Waals surface area contributed by atoms with Gasteiger partial charge in [-0.2, -0.15) is 5.06 Å². The molecular formula is C19H28N4O2. The molecule has 1 amide bonds. The van der Waals surface area contributed by atoms with Crippen molar-refractivity contribution in [3.63, 3.8) is 0 Å². The highest BCUT2D eigenvalue weighted by Crippen LogP contribution is 2.23. The van der Waals surface area contributed by atoms with E-state index in [0.29, 0.717) is 16.8 Å². The summed E-state index contributed by atoms with van der Waals surface area (Å²) in [5.41, 5.74) is 2.19. The fourth-order valence-corrected chi connectivity index (χ4v) is 2.75. The van der Waals surface area contributed by atoms with Crippen molar-refractivity contribution in [3.05, 3.63) is 36.7 Å². The van der Waals surface area contributed by atoms with Gasteiger partial charge in [-0.05, 0) is 30.7 Å². The lowest BCUT2D eigenvalue weighted by Crippen LogP contribution is -2.27. The third kappa shape index (κ3) is 4.67. The van der Waals surface area contributed by atoms with Gasteiger partial charge in [-0.1, -0.05) is 33.8 Å². The van der Waals surface area contributed by atoms with Gasteiger partial charge in [0, 0.05) is 25.6 Å². The molecule has 2 rings (SSSR count). The van der Waals surface area contributed by atoms with Crippen LogP contribution >= 0.6 is 0 Å². The molecule has 1 aromatic carbocycles. The summed E-state index contributed by atoms with van der Waals surface area (Å²) >= 11 is 0. The lowest BCUT2D eigenvalue weighted by molar-refractivity contribution is -0.118. The number of rotatable bonds is 9. The fourth-order valence-electron chi connectivity index (χ4n) is 2.75. The third-order valence-electron chi connectivity index (χ3n) is 4.08. The first-order chi connectivity index (χ1) is 12.0. The van der Waals surface area contributed by atoms with Crippen LogP contribution in [0.2, 0.25) is 0 Å². The molecule has 0 bridgehead atoms. The second kappa shape index (κ2) is 8.78. The molecule has 1 heterocycles. The van der Waals surface area contributed by atoms with Crippen LogP contribution in [0.5, 0.6) is 0 Å². The zero-order valence-corrected chi connectivity index (χ0v) is 15.3. The highest BCUT2D eigenvalue weighted by Gasteiger charge is 2.15. The number of hydrogen-bond acceptors (Lipinski definition) is 4. The van der Waals surface area contributed by atoms with Gasteiger partial charge in [-0.3, -0.25) is 10.0 Å². The zero-order valence-electron chi connectivity index (χ0n) is 15.3. The molecule has 25 heavy (non-hydrogen) atoms. The second-order valence-electron chi connectivity index (χ2n) is 6.42. The zero-order chi connectivity index (χ0) is 18.4. The van der Waals surface area contributed by atoms with E-state index in [-0.39, 0.29) is 0 Å². The summed E-state index contributed by atoms with van der Waals surface area (Å²) in [4.78, 5) is 16.3. The van der Waals surface area contributed by atoms with E-state index in [9.17, 15) is 10.0 Å². The minimum Gasteiger partial charge on any atom is -0.327 e. The van der Waals surface area contributed by atoms with Crippen molar-refractivity contribution in [2.24, 2.45) is 0 Å². The van der Waals surface area contributed by atoms with Crippen molar-refractivity contribution >= 4 is 22.6 Å². The Morgan fingerprint density at radius 2 is 2.24 bits per heavy atom. The van der Waals surface area contributed by atoms with Crippen LogP contribution in [-0.4, -0.2) is 33.3 Å². The van der Waals surface area contributed by atoms with Crippen molar-refractivity contribution in [3.8, 4) is 0 Å². The van der Waals surface area contributed by atoms with Crippen molar-refractivity contribution < 1.29 is 10.0 Å². The molecule has 6 heteroatoms. The molecule has 0 saturated heterocycles. The molecule has 136 valence electrons. The third-order valence-corrected chi connectivity index (χ3v) is 4.08. The van der Waals surface area contributed by atoms with E-state index in [2.05, 4.69) is 37.2 Å². The Morgan fingerprint density at radius 1 is 1.48 bits per heavy atom. The molecule has 1 aromatic heterocycles. The Bertz CT molecular complexity index is 736. The molecule has 2 aromatic rings. The van der Waals surface area contributed by atoms with Gasteiger partial charge in [-0.25, -0.2) is 4.98 Å². The SMILES string of the molecule is C=CC(=O)N(O)c1ccc2c(c1)nc(CCCC)n2CCNC(C)C. The molecule has 0 aliphatic heterocycles. The minimum absolute atomic E-state index is 0.393. The quantitative estimate of drug-likeness (QED) is 0.416. The first kappa shape index (κ1) is 19.1. The number of nitrogens with one attached hydrogen (secondary N) is 1. The van der Waals surface area contributed by atoms with E-state index >= 15 is 0 Å². The van der Waals surface area contributed by atoms with Crippen LogP contribution in [-0.2, 0) is 17.8 Å². The number of aromatic nitrogens is 2. The number of imidazole rings is 1. The summed E-state index contributed by atoms with van der Waals surface area (Å²) in [7, 11) is 0. The maximum Gasteiger partial charge on any atom is 0.274 e. The summed E-state index contributed by atoms with van der Waals surface area (Å²) in [6, 6.07) is 5.80. The van der Waals surface area contributed by atoms with Crippen LogP contribution in [0.4, 0.5) is 5.69 Å². The number of unbranched alkanes of at least 4 members (excludes halogenated alkanes) is 1. The number of anilines is 1. The summed E-state index contributed by atoms with van der Waals surface area (Å²) in [6.45, 7) is 11.5. The fraction of sp³-hybridized carbons (Fsp3) is 0.474. The van der Waals surface area contributed by atoms with Gasteiger partial charge in [0.05, 0.1) is 16.7 Å². The molecule has 0 aliphatic rings. The van der Waals surface area contributed by atoms with Crippen molar-refractivity contribution in [1.82, 2.24) is 14.9 Å². The molecule has 0 unspecified atom stereocenters. The van der Waals surface area contributed by atoms with Crippen molar-refractivity contribution in [2.45, 2.75) is 52.6 Å². The van der Waals surface area contributed by atoms with E-state index in [1.54, 1.807) is 12.1 Å². The highest BCUT2D eigenvalue weighted by molar-refractivity contribution is 6.00. The number of benzene rings is 1. The van der Waals surface area contributed by atoms with Crippen LogP contribution in [0.1, 0.15) is 39.4 Å². The smallest absolute Gasteiger partial charge is 0.274 e. The van der Waals surface area contributed by atoms with Gasteiger partial charge in [-0.15, -0.1) is 0 Å². The van der Waals surface area contributed by atoms with Gasteiger partial charge >= 0.3 is 0 Å². The Morgan fingerprint density at radius 3 is 2.88 bits per heavy atom. The second-order valence-corrected chi connectivity index (χ2v) is 6.42. The molecule has 2 N–H and O–H groups in total. The molecule has 0 radical (unpaired) electrons. The van der Waals surface area contributed by atoms with Crippen LogP contribution < -0.4 is 10.4 Å². The maximum absolute atomic E-state index is 11.6. The minimum atomic E-state index is -0.564. The average Bonchev–Trinajstić information content (AvgIpc) is 2.95. The maximum atomic E-state index is 11.6. The number of nitrogens with zero attached hydrogens (tertiary/aromatic N) is 3. The lowest BCUT2D eigenvalue weighted by Gasteiger charge is -2.14. The first-order valence-electron chi connectivity index (χ1n) is 8.85. The normalized spacial score (nSPS) is 11.2. The lowest BCUT2D eigenvalue weighted by atomic mass is 10.2. The van der Waals surface area contributed by atoms with Gasteiger partial charge in [0.2, 0.25) is 0 Å². The largest absolute Gasteiger partial charge is 0.327 e. The van der Waals surface area contributed by atoms with E-state index in [0.717, 1.165) is 55.3 Å². The predicted molar refractivity (Wildman–Crippen MR) is 101 cm³/mol. The highest BCUT2D eigenvalue weighted by atomic mass is 16.5. The average molecular weight is 344 g/mol. The molecule has 6 nitrogen and oxygen atoms in total. The molecule has 0 fully saturated rings. The molecule has 0 atom stereocenters. The monoisotopic (exact) mass is 344 g/mol. The standard InChI is InChI=1S/C19H28N4O2/c1-5-7-8-18-21-16-13-15(23(25)19(24)6-2)9-10-17(16)22(18)12-11-20-14(3)4/h6,9-10,13-14,20,25H,2,5,7-8,11-12H2,1,3-4H3. The predicted octanol–water partition coefficient (Wildman–Crippen LogP) is 3.29. The van der Waals surface area contributed by atoms with E-state index in [4.69, 9.17) is 4.98 Å². The summed E-state index contributed by atoms with van der Waals surface area (Å²) in [5, 5.41) is 14.0. The van der Waals surface area contributed by atoms with Crippen LogP contribution in [0.3, 0.4) is 0 Å². The number of carbonyl (C=O) groups excluding carboxylic acids is 1. The number of amides is 1. The van der Waals surface area contributed by atoms with E-state index in [1.165, 1.54) is 0 Å². The van der Waals surface area contributed by atoms with Gasteiger partial charge in [0.15, 0.2) is 0 Å². The van der Waals surface area contributed by atoms with Crippen molar-refractivity contribution in [1.29, 1.82) is 0 Å². The van der Waals surface area contributed by atoms with E-state index < -0.39 is 5.91 Å². The van der Waals surface area contributed by atoms with Crippen molar-refractivity contribution in [2.75, 3.05) is 11.6 Å². The molecular weight excluding hydrogens is 316 g/mol. The topological polar surface area (TPSA) is 70.4 Å². The Balaban J connectivity index is 2.35. The Hall–Kier alpha value is -2.18. The first-order valence-corrected chi connectivity index (χ1v) is 8.85. The van der Waals surface area contributed by atoms with Crippen LogP contribution in [0, 0.1) is 0 Å². The van der Waals surface area contributed by atoms with Gasteiger partial charge < -0.3 is 9.88 Å². The number of hydrogen-bond donors (Lipinski definition) is 2. The number of carbonyl (C=O) groups is 1. The van der Waals surface area contributed by atoms with E-state index in [1.807, 2.05) is 6.07 Å². The number of fused-ring (bicyclic) bond motifs is 1. The molecule has 0 spiro atoms. The summed E-state index contributed by atoms with van der Waals surface area (Å²) < 4.78 is 2.22. The summed E-state index contributed by atoms with van der Waals surface area (Å²) in [6.07, 6.45) is 4.18. The van der Waals surface area contributed by atoms with Crippen LogP contribution in [0.25, 0.3) is 11.0 Å². The number of aryl methyl sites for hydroxylation is 1. The molecule has 0 aliphatic carbocycles. The molecule has 0 saturated carbocycles. The van der Waals surface area contributed by atoms with Gasteiger partial charge in [0.25, 0.3) is 5.91 Å². The number of hydroxylamine groups is 1.